The number of likely N-dealkylation sites (tertiary alicyclic amines) is 1. The number of carboxylic acid groups (broad SMARTS) is 1. The molecule has 0 aromatic rings. The highest BCUT2D eigenvalue weighted by molar-refractivity contribution is 5.83. The van der Waals surface area contributed by atoms with Crippen LogP contribution < -0.4 is 11.1 Å². The van der Waals surface area contributed by atoms with Gasteiger partial charge in [0.25, 0.3) is 0 Å². The highest BCUT2D eigenvalue weighted by Gasteiger charge is 2.26. The quantitative estimate of drug-likeness (QED) is 0.480. The first-order chi connectivity index (χ1) is 10.5. The van der Waals surface area contributed by atoms with Gasteiger partial charge in [0.05, 0.1) is 6.04 Å². The zero-order valence-corrected chi connectivity index (χ0v) is 13.1. The smallest absolute Gasteiger partial charge is 0.303 e. The summed E-state index contributed by atoms with van der Waals surface area (Å²) in [6, 6.07) is -0.370. The van der Waals surface area contributed by atoms with Crippen molar-refractivity contribution in [2.24, 2.45) is 5.73 Å². The Kier molecular flexibility index (Phi) is 8.50. The summed E-state index contributed by atoms with van der Waals surface area (Å²) in [4.78, 5) is 35.6. The molecule has 1 saturated heterocycles. The molecule has 0 aromatic carbocycles. The monoisotopic (exact) mass is 313 g/mol. The van der Waals surface area contributed by atoms with Crippen LogP contribution in [0.1, 0.15) is 51.4 Å². The topological polar surface area (TPSA) is 113 Å². The minimum atomic E-state index is -0.781. The zero-order valence-electron chi connectivity index (χ0n) is 13.1. The molecule has 22 heavy (non-hydrogen) atoms. The van der Waals surface area contributed by atoms with E-state index >= 15 is 0 Å². The molecule has 0 bridgehead atoms. The van der Waals surface area contributed by atoms with Crippen molar-refractivity contribution < 1.29 is 19.5 Å². The number of nitrogens with one attached hydrogen (secondary N) is 1. The van der Waals surface area contributed by atoms with E-state index in [1.54, 1.807) is 0 Å². The number of hydrogen-bond acceptors (Lipinski definition) is 4. The Balaban J connectivity index is 2.32. The van der Waals surface area contributed by atoms with Crippen molar-refractivity contribution in [2.45, 2.75) is 57.4 Å². The predicted octanol–water partition coefficient (Wildman–Crippen LogP) is 0.477. The van der Waals surface area contributed by atoms with Crippen LogP contribution in [-0.4, -0.2) is 53.5 Å². The molecule has 1 heterocycles. The molecular weight excluding hydrogens is 286 g/mol. The van der Waals surface area contributed by atoms with Crippen LogP contribution in [0.2, 0.25) is 0 Å². The third-order valence-corrected chi connectivity index (χ3v) is 3.85. The average Bonchev–Trinajstić information content (AvgIpc) is 2.98. The number of aliphatic carboxylic acids is 1. The number of amides is 2. The summed E-state index contributed by atoms with van der Waals surface area (Å²) in [6.45, 7) is 2.21. The lowest BCUT2D eigenvalue weighted by molar-refractivity contribution is -0.137. The maximum absolute atomic E-state index is 12.4. The minimum Gasteiger partial charge on any atom is -0.481 e. The number of unbranched alkanes of at least 4 members (excludes halogenated alkanes) is 2. The van der Waals surface area contributed by atoms with E-state index in [9.17, 15) is 14.4 Å². The molecule has 0 unspecified atom stereocenters. The fourth-order valence-corrected chi connectivity index (χ4v) is 2.61. The van der Waals surface area contributed by atoms with E-state index in [1.165, 1.54) is 0 Å². The maximum Gasteiger partial charge on any atom is 0.303 e. The third kappa shape index (κ3) is 7.40. The van der Waals surface area contributed by atoms with E-state index < -0.39 is 11.9 Å². The van der Waals surface area contributed by atoms with Gasteiger partial charge in [0.15, 0.2) is 0 Å². The normalized spacial score (nSPS) is 15.7. The largest absolute Gasteiger partial charge is 0.481 e. The van der Waals surface area contributed by atoms with Crippen LogP contribution in [0.15, 0.2) is 0 Å². The number of primary amides is 1. The number of carbonyl (C=O) groups excluding carboxylic acids is 2. The van der Waals surface area contributed by atoms with Gasteiger partial charge < -0.3 is 21.1 Å². The molecular formula is C15H27N3O4. The Hall–Kier alpha value is -1.63. The molecule has 1 rings (SSSR count). The average molecular weight is 313 g/mol. The summed E-state index contributed by atoms with van der Waals surface area (Å²) < 4.78 is 0. The summed E-state index contributed by atoms with van der Waals surface area (Å²) >= 11 is 0. The van der Waals surface area contributed by atoms with Crippen molar-refractivity contribution in [2.75, 3.05) is 19.6 Å². The molecule has 1 aliphatic rings. The molecule has 0 aromatic heterocycles. The van der Waals surface area contributed by atoms with Crippen molar-refractivity contribution >= 4 is 17.8 Å². The van der Waals surface area contributed by atoms with Gasteiger partial charge >= 0.3 is 5.97 Å². The lowest BCUT2D eigenvalue weighted by Crippen LogP contribution is -2.46. The molecule has 1 atom stereocenters. The summed E-state index contributed by atoms with van der Waals surface area (Å²) in [5.41, 5.74) is 5.17. The van der Waals surface area contributed by atoms with Gasteiger partial charge in [-0.15, -0.1) is 0 Å². The van der Waals surface area contributed by atoms with Gasteiger partial charge in [0.1, 0.15) is 0 Å². The van der Waals surface area contributed by atoms with Crippen molar-refractivity contribution in [3.63, 3.8) is 0 Å². The second-order valence-corrected chi connectivity index (χ2v) is 5.75. The van der Waals surface area contributed by atoms with Crippen molar-refractivity contribution in [3.8, 4) is 0 Å². The Bertz CT molecular complexity index is 381. The second-order valence-electron chi connectivity index (χ2n) is 5.75. The maximum atomic E-state index is 12.4. The van der Waals surface area contributed by atoms with Crippen molar-refractivity contribution in [3.05, 3.63) is 0 Å². The van der Waals surface area contributed by atoms with Gasteiger partial charge in [-0.25, -0.2) is 0 Å². The van der Waals surface area contributed by atoms with E-state index in [2.05, 4.69) is 5.32 Å². The highest BCUT2D eigenvalue weighted by atomic mass is 16.4. The first-order valence-electron chi connectivity index (χ1n) is 8.03. The number of carboxylic acids is 1. The molecule has 0 radical (unpaired) electrons. The van der Waals surface area contributed by atoms with Crippen molar-refractivity contribution in [1.29, 1.82) is 0 Å². The number of nitrogens with zero attached hydrogens (tertiary/aromatic N) is 1. The number of rotatable bonds is 11. The van der Waals surface area contributed by atoms with E-state index in [1.807, 2.05) is 4.90 Å². The van der Waals surface area contributed by atoms with Gasteiger partial charge in [-0.1, -0.05) is 6.42 Å². The first kappa shape index (κ1) is 18.4. The molecule has 7 heteroatoms. The van der Waals surface area contributed by atoms with Gasteiger partial charge in [0.2, 0.25) is 11.8 Å². The molecule has 7 nitrogen and oxygen atoms in total. The Morgan fingerprint density at radius 3 is 2.36 bits per heavy atom. The molecule has 1 fully saturated rings. The van der Waals surface area contributed by atoms with Crippen LogP contribution in [0.4, 0.5) is 0 Å². The fraction of sp³-hybridized carbons (Fsp3) is 0.800. The third-order valence-electron chi connectivity index (χ3n) is 3.85. The van der Waals surface area contributed by atoms with Crippen LogP contribution in [0.25, 0.3) is 0 Å². The Morgan fingerprint density at radius 1 is 1.09 bits per heavy atom. The molecule has 1 aliphatic heterocycles. The Morgan fingerprint density at radius 2 is 1.77 bits per heavy atom. The lowest BCUT2D eigenvalue weighted by atomic mass is 10.1. The Labute approximate surface area is 131 Å². The summed E-state index contributed by atoms with van der Waals surface area (Å²) in [5, 5.41) is 11.8. The van der Waals surface area contributed by atoms with Gasteiger partial charge in [-0.05, 0) is 38.6 Å². The summed E-state index contributed by atoms with van der Waals surface area (Å²) in [5.74, 6) is -1.14. The molecule has 0 spiro atoms. The van der Waals surface area contributed by atoms with Crippen LogP contribution in [0.5, 0.6) is 0 Å². The molecule has 0 aliphatic carbocycles. The van der Waals surface area contributed by atoms with Crippen LogP contribution in [-0.2, 0) is 14.4 Å². The molecule has 126 valence electrons. The SMILES string of the molecule is NC(=O)CC[C@H](NCCCCCC(=O)O)C(=O)N1CCCC1. The summed E-state index contributed by atoms with van der Waals surface area (Å²) in [7, 11) is 0. The highest BCUT2D eigenvalue weighted by Crippen LogP contribution is 2.11. The van der Waals surface area contributed by atoms with E-state index in [0.29, 0.717) is 19.4 Å². The predicted molar refractivity (Wildman–Crippen MR) is 82.1 cm³/mol. The van der Waals surface area contributed by atoms with E-state index in [4.69, 9.17) is 10.8 Å². The molecule has 4 N–H and O–H groups in total. The van der Waals surface area contributed by atoms with E-state index in [-0.39, 0.29) is 24.8 Å². The molecule has 2 amide bonds. The standard InChI is InChI=1S/C15H27N3O4/c16-13(19)8-7-12(15(22)18-10-4-5-11-18)17-9-3-1-2-6-14(20)21/h12,17H,1-11H2,(H2,16,19)(H,20,21)/t12-/m0/s1. The minimum absolute atomic E-state index is 0.0456. The van der Waals surface area contributed by atoms with E-state index in [0.717, 1.165) is 38.8 Å². The second kappa shape index (κ2) is 10.2. The lowest BCUT2D eigenvalue weighted by Gasteiger charge is -2.24. The van der Waals surface area contributed by atoms with Crippen molar-refractivity contribution in [1.82, 2.24) is 10.2 Å². The van der Waals surface area contributed by atoms with Crippen LogP contribution >= 0.6 is 0 Å². The number of carbonyl (C=O) groups is 3. The number of hydrogen-bond donors (Lipinski definition) is 3. The summed E-state index contributed by atoms with van der Waals surface area (Å²) in [6.07, 6.45) is 5.11. The fourth-order valence-electron chi connectivity index (χ4n) is 2.61. The van der Waals surface area contributed by atoms with Gasteiger partial charge in [0, 0.05) is 25.9 Å². The van der Waals surface area contributed by atoms with Gasteiger partial charge in [-0.2, -0.15) is 0 Å². The number of nitrogens with two attached hydrogens (primary N) is 1. The van der Waals surface area contributed by atoms with Crippen LogP contribution in [0, 0.1) is 0 Å². The zero-order chi connectivity index (χ0) is 16.4. The van der Waals surface area contributed by atoms with Gasteiger partial charge in [-0.3, -0.25) is 14.4 Å². The first-order valence-corrected chi connectivity index (χ1v) is 8.03. The molecule has 0 saturated carbocycles. The van der Waals surface area contributed by atoms with Crippen LogP contribution in [0.3, 0.4) is 0 Å².